The van der Waals surface area contributed by atoms with Gasteiger partial charge in [0.1, 0.15) is 0 Å². The van der Waals surface area contributed by atoms with Gasteiger partial charge in [-0.1, -0.05) is 0 Å². The summed E-state index contributed by atoms with van der Waals surface area (Å²) >= 11 is -4.12. The van der Waals surface area contributed by atoms with Crippen molar-refractivity contribution in [3.8, 4) is 0 Å². The summed E-state index contributed by atoms with van der Waals surface area (Å²) in [6.07, 6.45) is 0. The van der Waals surface area contributed by atoms with E-state index in [9.17, 15) is 3.74 Å². The van der Waals surface area contributed by atoms with Gasteiger partial charge in [0, 0.05) is 0 Å². The first kappa shape index (κ1) is 10.3. The molecular formula is CH6AsNaO3. The van der Waals surface area contributed by atoms with E-state index in [1.807, 2.05) is 0 Å². The van der Waals surface area contributed by atoms with Crippen molar-refractivity contribution in [1.29, 1.82) is 0 Å². The SMILES string of the molecule is C[As](=O)(O)O.[H-].[Na+]. The van der Waals surface area contributed by atoms with E-state index < -0.39 is 14.2 Å². The molecule has 0 heterocycles. The molecule has 34 valence electrons. The summed E-state index contributed by atoms with van der Waals surface area (Å²) in [6.45, 7) is 0. The van der Waals surface area contributed by atoms with E-state index in [1.165, 1.54) is 0 Å². The molecule has 0 saturated carbocycles. The van der Waals surface area contributed by atoms with E-state index in [0.717, 1.165) is 5.71 Å². The summed E-state index contributed by atoms with van der Waals surface area (Å²) in [5.74, 6) is 0. The minimum absolute atomic E-state index is 0. The van der Waals surface area contributed by atoms with E-state index in [4.69, 9.17) is 8.19 Å². The third kappa shape index (κ3) is 59.1. The molecule has 0 fully saturated rings. The van der Waals surface area contributed by atoms with Crippen molar-refractivity contribution in [2.75, 3.05) is 0 Å². The van der Waals surface area contributed by atoms with Crippen molar-refractivity contribution < 1.29 is 42.9 Å². The molecule has 2 N–H and O–H groups in total. The van der Waals surface area contributed by atoms with Gasteiger partial charge in [0.15, 0.2) is 0 Å². The van der Waals surface area contributed by atoms with E-state index in [2.05, 4.69) is 0 Å². The van der Waals surface area contributed by atoms with E-state index in [1.54, 1.807) is 0 Å². The van der Waals surface area contributed by atoms with Crippen LogP contribution in [0.2, 0.25) is 5.71 Å². The Hall–Kier alpha value is 1.28. The molecule has 0 bridgehead atoms. The first-order valence-electron chi connectivity index (χ1n) is 1.03. The number of hydrogen-bond acceptors (Lipinski definition) is 1. The summed E-state index contributed by atoms with van der Waals surface area (Å²) in [4.78, 5) is 0. The maximum atomic E-state index is 9.39. The molecule has 0 saturated heterocycles. The van der Waals surface area contributed by atoms with Crippen LogP contribution in [0.25, 0.3) is 0 Å². The van der Waals surface area contributed by atoms with E-state index in [-0.39, 0.29) is 31.0 Å². The molecule has 0 atom stereocenters. The van der Waals surface area contributed by atoms with Gasteiger partial charge >= 0.3 is 61.4 Å². The Kier molecular flexibility index (Phi) is 5.67. The maximum Gasteiger partial charge on any atom is 1.00 e. The van der Waals surface area contributed by atoms with Crippen LogP contribution >= 0.6 is 0 Å². The van der Waals surface area contributed by atoms with E-state index >= 15 is 0 Å². The van der Waals surface area contributed by atoms with Crippen molar-refractivity contribution in [2.24, 2.45) is 0 Å². The fourth-order valence-electron chi connectivity index (χ4n) is 0. The summed E-state index contributed by atoms with van der Waals surface area (Å²) in [6, 6.07) is 0. The normalized spacial score (nSPS) is 9.83. The van der Waals surface area contributed by atoms with Crippen LogP contribution in [0, 0.1) is 0 Å². The first-order chi connectivity index (χ1) is 2.00. The van der Waals surface area contributed by atoms with Crippen molar-refractivity contribution in [3.05, 3.63) is 0 Å². The average molecular weight is 164 g/mol. The standard InChI is InChI=1S/CH5AsO3.Na.H/c1-2(3,4)5;;/h1H3,(H2,3,4,5);;/q;+1;-1. The van der Waals surface area contributed by atoms with Crippen molar-refractivity contribution >= 4 is 14.2 Å². The zero-order chi connectivity index (χ0) is 4.50. The third-order valence-electron chi connectivity index (χ3n) is 0. The minimum atomic E-state index is -4.12. The van der Waals surface area contributed by atoms with Crippen molar-refractivity contribution in [2.45, 2.75) is 5.71 Å². The van der Waals surface area contributed by atoms with Crippen LogP contribution in [0.3, 0.4) is 0 Å². The van der Waals surface area contributed by atoms with Gasteiger partial charge in [-0.2, -0.15) is 0 Å². The monoisotopic (exact) mass is 164 g/mol. The Morgan fingerprint density at radius 2 is 1.67 bits per heavy atom. The Morgan fingerprint density at radius 3 is 1.67 bits per heavy atom. The zero-order valence-corrected chi connectivity index (χ0v) is 7.63. The fraction of sp³-hybridized carbons (Fsp3) is 1.00. The number of hydrogen-bond donors (Lipinski definition) is 2. The molecule has 6 heavy (non-hydrogen) atoms. The largest absolute Gasteiger partial charge is 1.00 e. The molecular weight excluding hydrogens is 158 g/mol. The minimum Gasteiger partial charge on any atom is -1.00 e. The van der Waals surface area contributed by atoms with E-state index in [0.29, 0.717) is 0 Å². The molecule has 0 radical (unpaired) electrons. The second kappa shape index (κ2) is 3.30. The molecule has 0 aromatic carbocycles. The predicted octanol–water partition coefficient (Wildman–Crippen LogP) is -3.91. The maximum absolute atomic E-state index is 9.39. The molecule has 0 aliphatic carbocycles. The third-order valence-corrected chi connectivity index (χ3v) is 0. The molecule has 3 nitrogen and oxygen atoms in total. The van der Waals surface area contributed by atoms with Crippen LogP contribution < -0.4 is 29.6 Å². The average Bonchev–Trinajstić information content (AvgIpc) is 0.722. The zero-order valence-electron chi connectivity index (χ0n) is 4.75. The molecule has 0 unspecified atom stereocenters. The Bertz CT molecular complexity index is 61.1. The summed E-state index contributed by atoms with van der Waals surface area (Å²) < 4.78 is 24.8. The topological polar surface area (TPSA) is 57.5 Å². The van der Waals surface area contributed by atoms with Gasteiger partial charge in [-0.05, 0) is 0 Å². The summed E-state index contributed by atoms with van der Waals surface area (Å²) in [7, 11) is 0. The van der Waals surface area contributed by atoms with Crippen LogP contribution in [0.15, 0.2) is 0 Å². The molecule has 0 amide bonds. The van der Waals surface area contributed by atoms with Crippen LogP contribution in [0.1, 0.15) is 1.43 Å². The second-order valence-corrected chi connectivity index (χ2v) is 4.34. The molecule has 5 heteroatoms. The smallest absolute Gasteiger partial charge is 1.00 e. The predicted molar refractivity (Wildman–Crippen MR) is 17.9 cm³/mol. The Morgan fingerprint density at radius 1 is 1.67 bits per heavy atom. The molecule has 0 rings (SSSR count). The molecule has 0 aromatic heterocycles. The summed E-state index contributed by atoms with van der Waals surface area (Å²) in [5, 5.41) is 0. The van der Waals surface area contributed by atoms with Crippen molar-refractivity contribution in [1.82, 2.24) is 0 Å². The van der Waals surface area contributed by atoms with Crippen LogP contribution in [-0.4, -0.2) is 22.4 Å². The van der Waals surface area contributed by atoms with Gasteiger partial charge in [0.25, 0.3) is 0 Å². The Labute approximate surface area is 62.5 Å². The molecule has 0 aromatic rings. The molecule has 0 spiro atoms. The Balaban J connectivity index is -0.0000000800. The van der Waals surface area contributed by atoms with Gasteiger partial charge < -0.3 is 1.43 Å². The van der Waals surface area contributed by atoms with Gasteiger partial charge in [-0.15, -0.1) is 0 Å². The van der Waals surface area contributed by atoms with Crippen LogP contribution in [0.5, 0.6) is 0 Å². The van der Waals surface area contributed by atoms with Gasteiger partial charge in [-0.25, -0.2) is 0 Å². The molecule has 0 aliphatic rings. The van der Waals surface area contributed by atoms with Crippen LogP contribution in [-0.2, 0) is 3.74 Å². The van der Waals surface area contributed by atoms with Crippen molar-refractivity contribution in [3.63, 3.8) is 0 Å². The van der Waals surface area contributed by atoms with Gasteiger partial charge in [-0.3, -0.25) is 0 Å². The fourth-order valence-corrected chi connectivity index (χ4v) is 0. The second-order valence-electron chi connectivity index (χ2n) is 0.835. The first-order valence-corrected chi connectivity index (χ1v) is 5.35. The van der Waals surface area contributed by atoms with Gasteiger partial charge in [0.05, 0.1) is 0 Å². The number of rotatable bonds is 0. The van der Waals surface area contributed by atoms with Crippen LogP contribution in [0.4, 0.5) is 0 Å². The molecule has 0 aliphatic heterocycles. The quantitative estimate of drug-likeness (QED) is 0.359. The summed E-state index contributed by atoms with van der Waals surface area (Å²) in [5.41, 5.74) is 0.915. The van der Waals surface area contributed by atoms with Gasteiger partial charge in [0.2, 0.25) is 0 Å².